The molecule has 2 aromatic heterocycles. The van der Waals surface area contributed by atoms with Crippen molar-refractivity contribution in [3.63, 3.8) is 0 Å². The summed E-state index contributed by atoms with van der Waals surface area (Å²) in [5.41, 5.74) is 9.52. The van der Waals surface area contributed by atoms with Gasteiger partial charge in [0, 0.05) is 16.7 Å². The number of imidazole rings is 1. The fraction of sp³-hybridized carbons (Fsp3) is 0.0417. The molecule has 0 spiro atoms. The van der Waals surface area contributed by atoms with Gasteiger partial charge in [0.05, 0.1) is 36.6 Å². The summed E-state index contributed by atoms with van der Waals surface area (Å²) in [6, 6.07) is 57.8. The lowest BCUT2D eigenvalue weighted by molar-refractivity contribution is 0.414. The van der Waals surface area contributed by atoms with Crippen LogP contribution in [0.25, 0.3) is 78.8 Å². The smallest absolute Gasteiger partial charge is 0.338 e. The second-order valence-corrected chi connectivity index (χ2v) is 13.2. The highest BCUT2D eigenvalue weighted by molar-refractivity contribution is 5.85. The second kappa shape index (κ2) is 14.7. The first-order valence-electron chi connectivity index (χ1n) is 18.2. The number of methoxy groups -OCH3 is 2. The molecule has 0 radical (unpaired) electrons. The minimum absolute atomic E-state index is 0.221. The van der Waals surface area contributed by atoms with E-state index in [-0.39, 0.29) is 5.69 Å². The minimum Gasteiger partial charge on any atom is -0.497 e. The van der Waals surface area contributed by atoms with E-state index in [1.165, 1.54) is 0 Å². The maximum atomic E-state index is 14.4. The van der Waals surface area contributed by atoms with Crippen molar-refractivity contribution in [3.05, 3.63) is 186 Å². The fourth-order valence-corrected chi connectivity index (χ4v) is 6.95. The van der Waals surface area contributed by atoms with E-state index in [1.54, 1.807) is 23.4 Å². The molecule has 9 aromatic rings. The van der Waals surface area contributed by atoms with Crippen LogP contribution in [0.5, 0.6) is 11.5 Å². The van der Waals surface area contributed by atoms with Crippen molar-refractivity contribution < 1.29 is 9.47 Å². The first-order chi connectivity index (χ1) is 27.6. The Hall–Kier alpha value is -7.58. The van der Waals surface area contributed by atoms with E-state index in [0.29, 0.717) is 45.9 Å². The number of nitrogens with zero attached hydrogens (tertiary/aromatic N) is 5. The van der Waals surface area contributed by atoms with Gasteiger partial charge in [-0.3, -0.25) is 9.13 Å². The Labute approximate surface area is 323 Å². The number of fused-ring (bicyclic) bond motifs is 1. The molecule has 9 rings (SSSR count). The zero-order valence-corrected chi connectivity index (χ0v) is 30.7. The van der Waals surface area contributed by atoms with Crippen LogP contribution in [0.15, 0.2) is 181 Å². The van der Waals surface area contributed by atoms with Crippen LogP contribution >= 0.6 is 0 Å². The van der Waals surface area contributed by atoms with Crippen LogP contribution in [0.1, 0.15) is 0 Å². The van der Waals surface area contributed by atoms with Gasteiger partial charge < -0.3 is 9.47 Å². The van der Waals surface area contributed by atoms with Crippen molar-refractivity contribution >= 4 is 11.0 Å². The Morgan fingerprint density at radius 1 is 0.375 bits per heavy atom. The van der Waals surface area contributed by atoms with Crippen LogP contribution in [0.4, 0.5) is 0 Å². The molecular formula is C48H35N5O3. The van der Waals surface area contributed by atoms with Gasteiger partial charge in [0.2, 0.25) is 0 Å². The topological polar surface area (TPSA) is 84.1 Å². The van der Waals surface area contributed by atoms with Gasteiger partial charge in [0.15, 0.2) is 17.5 Å². The number of rotatable bonds is 9. The maximum Gasteiger partial charge on any atom is 0.338 e. The lowest BCUT2D eigenvalue weighted by atomic mass is 10.0. The van der Waals surface area contributed by atoms with Gasteiger partial charge in [0.1, 0.15) is 11.5 Å². The first-order valence-corrected chi connectivity index (χ1v) is 18.2. The van der Waals surface area contributed by atoms with Crippen LogP contribution in [-0.4, -0.2) is 38.3 Å². The molecule has 0 saturated carbocycles. The van der Waals surface area contributed by atoms with Gasteiger partial charge in [-0.15, -0.1) is 0 Å². The van der Waals surface area contributed by atoms with Crippen molar-refractivity contribution in [1.82, 2.24) is 24.1 Å². The van der Waals surface area contributed by atoms with Crippen molar-refractivity contribution in [1.29, 1.82) is 0 Å². The Balaban J connectivity index is 1.21. The van der Waals surface area contributed by atoms with Crippen LogP contribution in [0, 0.1) is 0 Å². The third-order valence-corrected chi connectivity index (χ3v) is 9.90. The third-order valence-electron chi connectivity index (χ3n) is 9.90. The van der Waals surface area contributed by atoms with Gasteiger partial charge in [-0.05, 0) is 89.0 Å². The molecule has 0 aliphatic rings. The van der Waals surface area contributed by atoms with Crippen molar-refractivity contribution in [2.45, 2.75) is 0 Å². The molecule has 270 valence electrons. The molecule has 56 heavy (non-hydrogen) atoms. The Morgan fingerprint density at radius 3 is 1.16 bits per heavy atom. The first kappa shape index (κ1) is 34.2. The summed E-state index contributed by atoms with van der Waals surface area (Å²) in [4.78, 5) is 29.5. The summed E-state index contributed by atoms with van der Waals surface area (Å²) in [6.07, 6.45) is 0. The van der Waals surface area contributed by atoms with Crippen LogP contribution in [0.2, 0.25) is 0 Å². The number of ether oxygens (including phenoxy) is 2. The maximum absolute atomic E-state index is 14.4. The van der Waals surface area contributed by atoms with Crippen LogP contribution in [0.3, 0.4) is 0 Å². The van der Waals surface area contributed by atoms with Crippen molar-refractivity contribution in [2.24, 2.45) is 0 Å². The minimum atomic E-state index is -0.221. The average Bonchev–Trinajstić information content (AvgIpc) is 3.57. The Kier molecular flexibility index (Phi) is 8.97. The zero-order chi connectivity index (χ0) is 38.0. The summed E-state index contributed by atoms with van der Waals surface area (Å²) < 4.78 is 14.2. The molecule has 2 heterocycles. The molecule has 7 aromatic carbocycles. The summed E-state index contributed by atoms with van der Waals surface area (Å²) in [7, 11) is 3.24. The van der Waals surface area contributed by atoms with Gasteiger partial charge in [-0.25, -0.2) is 19.7 Å². The second-order valence-electron chi connectivity index (χ2n) is 13.2. The fourth-order valence-electron chi connectivity index (χ4n) is 6.95. The zero-order valence-electron chi connectivity index (χ0n) is 30.7. The van der Waals surface area contributed by atoms with E-state index in [0.717, 1.165) is 44.5 Å². The van der Waals surface area contributed by atoms with Crippen molar-refractivity contribution in [2.75, 3.05) is 14.2 Å². The summed E-state index contributed by atoms with van der Waals surface area (Å²) in [5, 5.41) is 0. The normalized spacial score (nSPS) is 11.1. The molecule has 0 unspecified atom stereocenters. The molecule has 0 bridgehead atoms. The lowest BCUT2D eigenvalue weighted by Gasteiger charge is -2.11. The number of aromatic nitrogens is 5. The summed E-state index contributed by atoms with van der Waals surface area (Å²) in [5.74, 6) is 2.96. The van der Waals surface area contributed by atoms with Gasteiger partial charge >= 0.3 is 5.69 Å². The number of hydrogen-bond donors (Lipinski definition) is 0. The van der Waals surface area contributed by atoms with E-state index >= 15 is 0 Å². The monoisotopic (exact) mass is 729 g/mol. The van der Waals surface area contributed by atoms with Gasteiger partial charge in [0.25, 0.3) is 0 Å². The number of benzene rings is 7. The van der Waals surface area contributed by atoms with E-state index in [4.69, 9.17) is 24.4 Å². The van der Waals surface area contributed by atoms with Gasteiger partial charge in [-0.1, -0.05) is 109 Å². The lowest BCUT2D eigenvalue weighted by Crippen LogP contribution is -2.22. The summed E-state index contributed by atoms with van der Waals surface area (Å²) in [6.45, 7) is 0. The molecule has 0 aliphatic heterocycles. The SMILES string of the molecule is COc1ccc(-n2c(=O)n(-c3ccc(OC)cc3)c3cc(-c4nc(-c5ccc(-c6ccccc6)cc5)nc(-c5ccc(-c6ccccc6)cc5)n4)ccc32)cc1. The van der Waals surface area contributed by atoms with Crippen LogP contribution in [-0.2, 0) is 0 Å². The largest absolute Gasteiger partial charge is 0.497 e. The molecule has 0 atom stereocenters. The molecular weight excluding hydrogens is 695 g/mol. The number of hydrogen-bond acceptors (Lipinski definition) is 6. The van der Waals surface area contributed by atoms with E-state index < -0.39 is 0 Å². The molecule has 0 saturated heterocycles. The molecule has 8 nitrogen and oxygen atoms in total. The van der Waals surface area contributed by atoms with Gasteiger partial charge in [-0.2, -0.15) is 0 Å². The molecule has 0 N–H and O–H groups in total. The van der Waals surface area contributed by atoms with E-state index in [1.807, 2.05) is 127 Å². The van der Waals surface area contributed by atoms with E-state index in [9.17, 15) is 4.79 Å². The molecule has 8 heteroatoms. The Bertz CT molecular complexity index is 2750. The molecule has 0 fully saturated rings. The third kappa shape index (κ3) is 6.50. The molecule has 0 amide bonds. The Morgan fingerprint density at radius 2 is 0.732 bits per heavy atom. The highest BCUT2D eigenvalue weighted by atomic mass is 16.5. The highest BCUT2D eigenvalue weighted by Crippen LogP contribution is 2.31. The van der Waals surface area contributed by atoms with Crippen molar-refractivity contribution in [3.8, 4) is 79.3 Å². The van der Waals surface area contributed by atoms with Crippen LogP contribution < -0.4 is 15.2 Å². The average molecular weight is 730 g/mol. The quantitative estimate of drug-likeness (QED) is 0.147. The summed E-state index contributed by atoms with van der Waals surface area (Å²) >= 11 is 0. The standard InChI is InChI=1S/C48H35N5O3/c1-55-41-26-22-39(23-27-41)52-43-30-21-38(31-44(43)53(48(52)54)40-24-28-42(56-2)29-25-40)47-50-45(36-17-13-34(14-18-36)32-9-5-3-6-10-32)49-46(51-47)37-19-15-35(16-20-37)33-11-7-4-8-12-33/h3-31H,1-2H3. The predicted octanol–water partition coefficient (Wildman–Crippen LogP) is 10.3. The van der Waals surface area contributed by atoms with E-state index in [2.05, 4.69) is 48.5 Å². The highest BCUT2D eigenvalue weighted by Gasteiger charge is 2.20. The predicted molar refractivity (Wildman–Crippen MR) is 223 cm³/mol. The molecule has 0 aliphatic carbocycles.